The highest BCUT2D eigenvalue weighted by atomic mass is 16.7. The maximum absolute atomic E-state index is 13.5. The minimum absolute atomic E-state index is 0.0877. The molecule has 4 bridgehead atoms. The lowest BCUT2D eigenvalue weighted by Gasteiger charge is -2.62. The van der Waals surface area contributed by atoms with E-state index >= 15 is 0 Å². The van der Waals surface area contributed by atoms with Crippen molar-refractivity contribution in [1.29, 1.82) is 0 Å². The van der Waals surface area contributed by atoms with Crippen LogP contribution in [0.2, 0.25) is 0 Å². The SMILES string of the molecule is COC(=O)[C@]12CC[C@]34C=CCN5C[C@H](C(=O)C3)[C@@]1(c1ccc3c(c1N2)OCO3)[C@@H]54. The van der Waals surface area contributed by atoms with Crippen molar-refractivity contribution in [2.24, 2.45) is 11.3 Å². The highest BCUT2D eigenvalue weighted by Gasteiger charge is 2.81. The molecule has 1 aromatic rings. The topological polar surface area (TPSA) is 77.1 Å². The first kappa shape index (κ1) is 16.3. The van der Waals surface area contributed by atoms with Crippen molar-refractivity contribution in [2.45, 2.75) is 36.3 Å². The van der Waals surface area contributed by atoms with Gasteiger partial charge in [0.15, 0.2) is 11.5 Å². The third kappa shape index (κ3) is 1.48. The number of fused-ring (bicyclic) bond motifs is 3. The smallest absolute Gasteiger partial charge is 0.332 e. The van der Waals surface area contributed by atoms with Gasteiger partial charge in [0.2, 0.25) is 6.79 Å². The van der Waals surface area contributed by atoms with Crippen LogP contribution in [0.15, 0.2) is 24.3 Å². The molecule has 29 heavy (non-hydrogen) atoms. The van der Waals surface area contributed by atoms with E-state index in [-0.39, 0.29) is 35.9 Å². The Balaban J connectivity index is 1.60. The molecule has 2 aliphatic carbocycles. The summed E-state index contributed by atoms with van der Waals surface area (Å²) in [6.07, 6.45) is 6.44. The molecule has 150 valence electrons. The third-order valence-corrected chi connectivity index (χ3v) is 8.52. The molecule has 0 radical (unpaired) electrons. The second-order valence-electron chi connectivity index (χ2n) is 9.30. The van der Waals surface area contributed by atoms with Gasteiger partial charge in [-0.2, -0.15) is 0 Å². The third-order valence-electron chi connectivity index (χ3n) is 8.52. The van der Waals surface area contributed by atoms with E-state index in [2.05, 4.69) is 22.4 Å². The van der Waals surface area contributed by atoms with Crippen LogP contribution in [-0.2, 0) is 19.7 Å². The maximum Gasteiger partial charge on any atom is 0.332 e. The zero-order chi connectivity index (χ0) is 19.6. The second kappa shape index (κ2) is 4.78. The molecule has 4 aliphatic heterocycles. The molecule has 7 heteroatoms. The summed E-state index contributed by atoms with van der Waals surface area (Å²) in [5.41, 5.74) is -0.0387. The number of esters is 1. The Morgan fingerprint density at radius 2 is 2.21 bits per heavy atom. The van der Waals surface area contributed by atoms with Gasteiger partial charge in [0.25, 0.3) is 0 Å². The summed E-state index contributed by atoms with van der Waals surface area (Å²) >= 11 is 0. The number of ether oxygens (including phenoxy) is 3. The van der Waals surface area contributed by atoms with Crippen LogP contribution in [0.5, 0.6) is 11.5 Å². The summed E-state index contributed by atoms with van der Waals surface area (Å²) in [5, 5.41) is 3.57. The summed E-state index contributed by atoms with van der Waals surface area (Å²) in [5.74, 6) is 1.06. The van der Waals surface area contributed by atoms with Crippen molar-refractivity contribution in [1.82, 2.24) is 4.90 Å². The number of ketones is 1. The number of methoxy groups -OCH3 is 1. The Hall–Kier alpha value is -2.54. The normalized spacial score (nSPS) is 42.3. The van der Waals surface area contributed by atoms with Gasteiger partial charge in [-0.15, -0.1) is 0 Å². The molecule has 1 N–H and O–H groups in total. The summed E-state index contributed by atoms with van der Waals surface area (Å²) in [7, 11) is 1.44. The van der Waals surface area contributed by atoms with Gasteiger partial charge in [0.05, 0.1) is 18.2 Å². The van der Waals surface area contributed by atoms with E-state index in [0.717, 1.165) is 24.2 Å². The van der Waals surface area contributed by atoms with Crippen LogP contribution in [0.4, 0.5) is 5.69 Å². The quantitative estimate of drug-likeness (QED) is 0.573. The molecule has 5 atom stereocenters. The molecule has 1 spiro atoms. The number of hydrogen-bond donors (Lipinski definition) is 1. The fourth-order valence-electron chi connectivity index (χ4n) is 7.78. The number of anilines is 1. The van der Waals surface area contributed by atoms with Crippen LogP contribution in [0, 0.1) is 11.3 Å². The Morgan fingerprint density at radius 1 is 1.31 bits per heavy atom. The summed E-state index contributed by atoms with van der Waals surface area (Å²) in [6.45, 7) is 1.66. The van der Waals surface area contributed by atoms with Gasteiger partial charge in [-0.3, -0.25) is 9.69 Å². The van der Waals surface area contributed by atoms with Crippen molar-refractivity contribution in [3.8, 4) is 11.5 Å². The number of carbonyl (C=O) groups is 2. The van der Waals surface area contributed by atoms with Crippen LogP contribution < -0.4 is 14.8 Å². The monoisotopic (exact) mass is 394 g/mol. The van der Waals surface area contributed by atoms with E-state index in [4.69, 9.17) is 14.2 Å². The van der Waals surface area contributed by atoms with Crippen LogP contribution >= 0.6 is 0 Å². The number of benzene rings is 1. The number of nitrogens with zero attached hydrogens (tertiary/aromatic N) is 1. The van der Waals surface area contributed by atoms with Gasteiger partial charge in [0, 0.05) is 36.9 Å². The van der Waals surface area contributed by atoms with Crippen molar-refractivity contribution in [3.63, 3.8) is 0 Å². The molecule has 1 aromatic carbocycles. The first-order chi connectivity index (χ1) is 14.1. The first-order valence-corrected chi connectivity index (χ1v) is 10.3. The van der Waals surface area contributed by atoms with Crippen molar-refractivity contribution < 1.29 is 23.8 Å². The van der Waals surface area contributed by atoms with Gasteiger partial charge in [0.1, 0.15) is 11.3 Å². The molecule has 7 rings (SSSR count). The van der Waals surface area contributed by atoms with Gasteiger partial charge >= 0.3 is 5.97 Å². The number of rotatable bonds is 1. The highest BCUT2D eigenvalue weighted by molar-refractivity contribution is 5.99. The standard InChI is InChI=1S/C22H22N2O5/c1-27-19(26)21-7-6-20-5-2-8-24-10-13(14(25)9-20)22(21,18(20)24)12-3-4-15-17(16(12)23-21)29-11-28-15/h2-5,13,18,23H,6-11H2,1H3/t13-,18+,20-,21-,22+/m1/s1. The van der Waals surface area contributed by atoms with E-state index in [9.17, 15) is 9.59 Å². The van der Waals surface area contributed by atoms with Crippen LogP contribution in [0.25, 0.3) is 0 Å². The number of Topliss-reactive ketones (excluding diaryl/α,β-unsaturated/α-hetero) is 1. The molecular formula is C22H22N2O5. The average molecular weight is 394 g/mol. The molecule has 0 aromatic heterocycles. The molecule has 0 amide bonds. The number of nitrogens with one attached hydrogen (secondary N) is 1. The highest BCUT2D eigenvalue weighted by Crippen LogP contribution is 2.72. The van der Waals surface area contributed by atoms with E-state index in [1.54, 1.807) is 0 Å². The minimum Gasteiger partial charge on any atom is -0.467 e. The Labute approximate surface area is 168 Å². The van der Waals surface area contributed by atoms with Crippen LogP contribution in [-0.4, -0.2) is 55.2 Å². The molecule has 2 saturated carbocycles. The average Bonchev–Trinajstić information content (AvgIpc) is 3.40. The minimum atomic E-state index is -0.972. The van der Waals surface area contributed by atoms with E-state index in [0.29, 0.717) is 30.9 Å². The van der Waals surface area contributed by atoms with Gasteiger partial charge in [-0.25, -0.2) is 4.79 Å². The lowest BCUT2D eigenvalue weighted by Crippen LogP contribution is -2.75. The largest absolute Gasteiger partial charge is 0.467 e. The second-order valence-corrected chi connectivity index (χ2v) is 9.30. The first-order valence-electron chi connectivity index (χ1n) is 10.3. The van der Waals surface area contributed by atoms with Gasteiger partial charge < -0.3 is 19.5 Å². The van der Waals surface area contributed by atoms with Crippen LogP contribution in [0.3, 0.4) is 0 Å². The van der Waals surface area contributed by atoms with Crippen molar-refractivity contribution in [2.75, 3.05) is 32.3 Å². The van der Waals surface area contributed by atoms with E-state index < -0.39 is 11.0 Å². The lowest BCUT2D eigenvalue weighted by molar-refractivity contribution is -0.159. The van der Waals surface area contributed by atoms with Crippen molar-refractivity contribution in [3.05, 3.63) is 29.8 Å². The summed E-state index contributed by atoms with van der Waals surface area (Å²) in [4.78, 5) is 29.4. The van der Waals surface area contributed by atoms with Gasteiger partial charge in [-0.1, -0.05) is 18.2 Å². The molecule has 6 aliphatic rings. The number of carbonyl (C=O) groups excluding carboxylic acids is 2. The number of hydrogen-bond acceptors (Lipinski definition) is 7. The lowest BCUT2D eigenvalue weighted by atomic mass is 9.42. The van der Waals surface area contributed by atoms with E-state index in [1.807, 2.05) is 12.1 Å². The maximum atomic E-state index is 13.5. The van der Waals surface area contributed by atoms with E-state index in [1.165, 1.54) is 7.11 Å². The van der Waals surface area contributed by atoms with Crippen LogP contribution in [0.1, 0.15) is 24.8 Å². The molecule has 1 saturated heterocycles. The zero-order valence-electron chi connectivity index (χ0n) is 16.2. The summed E-state index contributed by atoms with van der Waals surface area (Å²) < 4.78 is 16.8. The predicted molar refractivity (Wildman–Crippen MR) is 102 cm³/mol. The fourth-order valence-corrected chi connectivity index (χ4v) is 7.78. The predicted octanol–water partition coefficient (Wildman–Crippen LogP) is 1.61. The molecule has 3 fully saturated rings. The molecule has 4 heterocycles. The Morgan fingerprint density at radius 3 is 3.07 bits per heavy atom. The zero-order valence-corrected chi connectivity index (χ0v) is 16.2. The summed E-state index contributed by atoms with van der Waals surface area (Å²) in [6, 6.07) is 4.06. The fraction of sp³-hybridized carbons (Fsp3) is 0.545. The molecular weight excluding hydrogens is 372 g/mol. The Bertz CT molecular complexity index is 1040. The molecule has 0 unspecified atom stereocenters. The molecule has 7 nitrogen and oxygen atoms in total. The Kier molecular flexibility index (Phi) is 2.68. The van der Waals surface area contributed by atoms with Crippen molar-refractivity contribution >= 4 is 17.4 Å². The van der Waals surface area contributed by atoms with Gasteiger partial charge in [-0.05, 0) is 24.5 Å².